The fourth-order valence-corrected chi connectivity index (χ4v) is 2.80. The van der Waals surface area contributed by atoms with Crippen molar-refractivity contribution in [3.8, 4) is 0 Å². The second-order valence-corrected chi connectivity index (χ2v) is 5.59. The van der Waals surface area contributed by atoms with E-state index in [-0.39, 0.29) is 17.3 Å². The number of amides is 1. The first kappa shape index (κ1) is 15.5. The Morgan fingerprint density at radius 1 is 1.19 bits per heavy atom. The molecule has 21 heavy (non-hydrogen) atoms. The van der Waals surface area contributed by atoms with E-state index < -0.39 is 0 Å². The Hall–Kier alpha value is -1.84. The van der Waals surface area contributed by atoms with Crippen LogP contribution in [0.1, 0.15) is 44.1 Å². The Morgan fingerprint density at radius 3 is 2.48 bits per heavy atom. The van der Waals surface area contributed by atoms with Gasteiger partial charge in [-0.05, 0) is 31.2 Å². The third-order valence-corrected chi connectivity index (χ3v) is 4.29. The van der Waals surface area contributed by atoms with E-state index in [1.54, 1.807) is 0 Å². The zero-order valence-electron chi connectivity index (χ0n) is 12.6. The van der Waals surface area contributed by atoms with E-state index in [0.717, 1.165) is 37.7 Å². The molecule has 0 bridgehead atoms. The molecule has 0 aliphatic heterocycles. The summed E-state index contributed by atoms with van der Waals surface area (Å²) >= 11 is 0. The lowest BCUT2D eigenvalue weighted by atomic mass is 9.64. The summed E-state index contributed by atoms with van der Waals surface area (Å²) in [5, 5.41) is 3.02. The van der Waals surface area contributed by atoms with Crippen molar-refractivity contribution < 1.29 is 14.3 Å². The third-order valence-electron chi connectivity index (χ3n) is 4.29. The molecule has 0 spiro atoms. The van der Waals surface area contributed by atoms with Crippen molar-refractivity contribution in [2.75, 3.05) is 13.7 Å². The van der Waals surface area contributed by atoms with Crippen LogP contribution in [-0.4, -0.2) is 25.5 Å². The number of esters is 1. The SMILES string of the molecule is COC(=O)CCCCNC(=O)C1(c2ccccc2)CCC1. The zero-order valence-corrected chi connectivity index (χ0v) is 12.6. The molecule has 1 aromatic rings. The predicted octanol–water partition coefficient (Wildman–Crippen LogP) is 2.57. The summed E-state index contributed by atoms with van der Waals surface area (Å²) in [4.78, 5) is 23.5. The molecule has 114 valence electrons. The quantitative estimate of drug-likeness (QED) is 0.620. The van der Waals surface area contributed by atoms with Crippen molar-refractivity contribution in [2.45, 2.75) is 43.9 Å². The molecule has 1 aromatic carbocycles. The number of methoxy groups -OCH3 is 1. The lowest BCUT2D eigenvalue weighted by molar-refractivity contribution is -0.140. The van der Waals surface area contributed by atoms with Crippen LogP contribution >= 0.6 is 0 Å². The molecular formula is C17H23NO3. The zero-order chi connectivity index (χ0) is 15.1. The summed E-state index contributed by atoms with van der Waals surface area (Å²) in [5.74, 6) is -0.0703. The number of benzene rings is 1. The molecule has 0 heterocycles. The highest BCUT2D eigenvalue weighted by Gasteiger charge is 2.45. The maximum absolute atomic E-state index is 12.5. The smallest absolute Gasteiger partial charge is 0.305 e. The summed E-state index contributed by atoms with van der Waals surface area (Å²) in [6, 6.07) is 10.0. The van der Waals surface area contributed by atoms with E-state index in [4.69, 9.17) is 0 Å². The second kappa shape index (κ2) is 7.25. The minimum atomic E-state index is -0.330. The monoisotopic (exact) mass is 289 g/mol. The molecule has 2 rings (SSSR count). The molecule has 0 atom stereocenters. The molecule has 0 aromatic heterocycles. The number of unbranched alkanes of at least 4 members (excludes halogenated alkanes) is 1. The van der Waals surface area contributed by atoms with Crippen LogP contribution in [0.2, 0.25) is 0 Å². The molecule has 0 unspecified atom stereocenters. The van der Waals surface area contributed by atoms with Crippen LogP contribution in [0, 0.1) is 0 Å². The normalized spacial score (nSPS) is 15.9. The molecule has 1 N–H and O–H groups in total. The van der Waals surface area contributed by atoms with Gasteiger partial charge in [0.2, 0.25) is 5.91 Å². The average Bonchev–Trinajstić information content (AvgIpc) is 2.46. The molecule has 4 nitrogen and oxygen atoms in total. The maximum atomic E-state index is 12.5. The van der Waals surface area contributed by atoms with Crippen LogP contribution in [0.4, 0.5) is 0 Å². The van der Waals surface area contributed by atoms with Crippen LogP contribution in [0.5, 0.6) is 0 Å². The minimum Gasteiger partial charge on any atom is -0.469 e. The minimum absolute atomic E-state index is 0.123. The largest absolute Gasteiger partial charge is 0.469 e. The molecule has 1 aliphatic carbocycles. The fraction of sp³-hybridized carbons (Fsp3) is 0.529. The van der Waals surface area contributed by atoms with Gasteiger partial charge in [0.15, 0.2) is 0 Å². The summed E-state index contributed by atoms with van der Waals surface area (Å²) in [6.45, 7) is 0.615. The van der Waals surface area contributed by atoms with Gasteiger partial charge in [-0.3, -0.25) is 9.59 Å². The first-order valence-electron chi connectivity index (χ1n) is 7.60. The number of ether oxygens (including phenoxy) is 1. The molecule has 1 amide bonds. The second-order valence-electron chi connectivity index (χ2n) is 5.59. The van der Waals surface area contributed by atoms with Crippen LogP contribution in [-0.2, 0) is 19.7 Å². The number of carbonyl (C=O) groups is 2. The van der Waals surface area contributed by atoms with Crippen molar-refractivity contribution in [3.63, 3.8) is 0 Å². The van der Waals surface area contributed by atoms with Crippen LogP contribution in [0.3, 0.4) is 0 Å². The Kier molecular flexibility index (Phi) is 5.37. The average molecular weight is 289 g/mol. The molecule has 4 heteroatoms. The maximum Gasteiger partial charge on any atom is 0.305 e. The van der Waals surface area contributed by atoms with Gasteiger partial charge in [-0.1, -0.05) is 36.8 Å². The number of nitrogens with one attached hydrogen (secondary N) is 1. The van der Waals surface area contributed by atoms with Crippen molar-refractivity contribution in [1.82, 2.24) is 5.32 Å². The van der Waals surface area contributed by atoms with E-state index in [2.05, 4.69) is 10.1 Å². The Morgan fingerprint density at radius 2 is 1.90 bits per heavy atom. The number of hydrogen-bond acceptors (Lipinski definition) is 3. The summed E-state index contributed by atoms with van der Waals surface area (Å²) in [7, 11) is 1.39. The standard InChI is InChI=1S/C17H23NO3/c1-21-15(19)10-5-6-13-18-16(20)17(11-7-12-17)14-8-3-2-4-9-14/h2-4,8-9H,5-7,10-13H2,1H3,(H,18,20). The summed E-state index contributed by atoms with van der Waals surface area (Å²) in [5.41, 5.74) is 0.784. The van der Waals surface area contributed by atoms with Crippen LogP contribution in [0.25, 0.3) is 0 Å². The van der Waals surface area contributed by atoms with Crippen molar-refractivity contribution >= 4 is 11.9 Å². The van der Waals surface area contributed by atoms with E-state index in [1.165, 1.54) is 7.11 Å². The van der Waals surface area contributed by atoms with E-state index in [9.17, 15) is 9.59 Å². The highest BCUT2D eigenvalue weighted by Crippen LogP contribution is 2.43. The highest BCUT2D eigenvalue weighted by atomic mass is 16.5. The van der Waals surface area contributed by atoms with E-state index in [1.807, 2.05) is 30.3 Å². The van der Waals surface area contributed by atoms with Gasteiger partial charge in [-0.25, -0.2) is 0 Å². The van der Waals surface area contributed by atoms with E-state index in [0.29, 0.717) is 13.0 Å². The lowest BCUT2D eigenvalue weighted by Crippen LogP contribution is -2.49. The Bertz CT molecular complexity index is 480. The number of rotatable bonds is 7. The highest BCUT2D eigenvalue weighted by molar-refractivity contribution is 5.89. The Balaban J connectivity index is 1.81. The molecular weight excluding hydrogens is 266 g/mol. The van der Waals surface area contributed by atoms with Gasteiger partial charge >= 0.3 is 5.97 Å². The first-order valence-corrected chi connectivity index (χ1v) is 7.60. The van der Waals surface area contributed by atoms with Gasteiger partial charge in [0.1, 0.15) is 0 Å². The van der Waals surface area contributed by atoms with Crippen LogP contribution < -0.4 is 5.32 Å². The molecule has 1 aliphatic rings. The van der Waals surface area contributed by atoms with Crippen molar-refractivity contribution in [2.24, 2.45) is 0 Å². The fourth-order valence-electron chi connectivity index (χ4n) is 2.80. The van der Waals surface area contributed by atoms with Crippen LogP contribution in [0.15, 0.2) is 30.3 Å². The molecule has 1 fully saturated rings. The first-order chi connectivity index (χ1) is 10.2. The van der Waals surface area contributed by atoms with E-state index >= 15 is 0 Å². The number of hydrogen-bond donors (Lipinski definition) is 1. The van der Waals surface area contributed by atoms with Gasteiger partial charge < -0.3 is 10.1 Å². The van der Waals surface area contributed by atoms with Gasteiger partial charge in [0.25, 0.3) is 0 Å². The Labute approximate surface area is 125 Å². The number of carbonyl (C=O) groups excluding carboxylic acids is 2. The summed E-state index contributed by atoms with van der Waals surface area (Å²) < 4.78 is 4.59. The topological polar surface area (TPSA) is 55.4 Å². The van der Waals surface area contributed by atoms with Gasteiger partial charge in [-0.2, -0.15) is 0 Å². The lowest BCUT2D eigenvalue weighted by Gasteiger charge is -2.40. The molecule has 0 saturated heterocycles. The van der Waals surface area contributed by atoms with Gasteiger partial charge in [0.05, 0.1) is 12.5 Å². The molecule has 1 saturated carbocycles. The summed E-state index contributed by atoms with van der Waals surface area (Å²) in [6.07, 6.45) is 4.90. The van der Waals surface area contributed by atoms with Gasteiger partial charge in [0, 0.05) is 13.0 Å². The van der Waals surface area contributed by atoms with Gasteiger partial charge in [-0.15, -0.1) is 0 Å². The van der Waals surface area contributed by atoms with Crippen molar-refractivity contribution in [1.29, 1.82) is 0 Å². The molecule has 0 radical (unpaired) electrons. The predicted molar refractivity (Wildman–Crippen MR) is 80.8 cm³/mol. The van der Waals surface area contributed by atoms with Crippen molar-refractivity contribution in [3.05, 3.63) is 35.9 Å². The third kappa shape index (κ3) is 3.63.